The Bertz CT molecular complexity index is 1460. The highest BCUT2D eigenvalue weighted by Gasteiger charge is 2.64. The number of benzene rings is 2. The van der Waals surface area contributed by atoms with Gasteiger partial charge in [-0.3, -0.25) is 0 Å². The number of rotatable bonds is 9. The van der Waals surface area contributed by atoms with E-state index in [2.05, 4.69) is 118 Å². The largest absolute Gasteiger partial charge is 0.494 e. The maximum Gasteiger partial charge on any atom is 0.494 e. The summed E-state index contributed by atoms with van der Waals surface area (Å²) in [6.07, 6.45) is 18.8. The lowest BCUT2D eigenvalue weighted by Gasteiger charge is -2.65. The van der Waals surface area contributed by atoms with Crippen LogP contribution in [0.3, 0.4) is 0 Å². The van der Waals surface area contributed by atoms with E-state index in [0.29, 0.717) is 22.2 Å². The van der Waals surface area contributed by atoms with Gasteiger partial charge >= 0.3 is 7.12 Å². The molecule has 0 aromatic heterocycles. The Morgan fingerprint density at radius 3 is 1.92 bits per heavy atom. The van der Waals surface area contributed by atoms with Crippen LogP contribution in [0, 0.1) is 51.8 Å². The van der Waals surface area contributed by atoms with E-state index in [4.69, 9.17) is 9.31 Å². The Morgan fingerprint density at radius 1 is 0.680 bits per heavy atom. The van der Waals surface area contributed by atoms with Crippen LogP contribution >= 0.6 is 0 Å². The van der Waals surface area contributed by atoms with Gasteiger partial charge in [-0.1, -0.05) is 109 Å². The van der Waals surface area contributed by atoms with Crippen molar-refractivity contribution >= 4 is 12.6 Å². The van der Waals surface area contributed by atoms with Gasteiger partial charge in [-0.05, 0) is 172 Å². The van der Waals surface area contributed by atoms with Gasteiger partial charge in [0.1, 0.15) is 0 Å². The van der Waals surface area contributed by atoms with Crippen molar-refractivity contribution in [2.24, 2.45) is 51.8 Å². The van der Waals surface area contributed by atoms with Crippen molar-refractivity contribution in [2.75, 3.05) is 0 Å². The first-order valence-electron chi connectivity index (χ1n) is 21.2. The molecule has 1 heterocycles. The van der Waals surface area contributed by atoms with Gasteiger partial charge in [0.05, 0.1) is 11.2 Å². The van der Waals surface area contributed by atoms with Gasteiger partial charge in [0, 0.05) is 0 Å². The van der Waals surface area contributed by atoms with Crippen LogP contribution in [0.5, 0.6) is 0 Å². The van der Waals surface area contributed by atoms with Crippen molar-refractivity contribution in [1.29, 1.82) is 0 Å². The Balaban J connectivity index is 1.000. The summed E-state index contributed by atoms with van der Waals surface area (Å²) in [4.78, 5) is 0. The topological polar surface area (TPSA) is 18.5 Å². The molecule has 0 radical (unpaired) electrons. The summed E-state index contributed by atoms with van der Waals surface area (Å²) in [6, 6.07) is 18.5. The lowest BCUT2D eigenvalue weighted by Crippen LogP contribution is -2.57. The average molecular weight is 679 g/mol. The van der Waals surface area contributed by atoms with Crippen LogP contribution in [-0.4, -0.2) is 18.3 Å². The number of fused-ring (bicyclic) bond motifs is 5. The van der Waals surface area contributed by atoms with Gasteiger partial charge in [0.15, 0.2) is 0 Å². The van der Waals surface area contributed by atoms with E-state index in [1.54, 1.807) is 5.56 Å². The molecular formula is C47H71BO2. The normalized spacial score (nSPS) is 38.1. The van der Waals surface area contributed by atoms with Gasteiger partial charge in [-0.2, -0.15) is 0 Å². The van der Waals surface area contributed by atoms with Crippen molar-refractivity contribution in [3.05, 3.63) is 54.1 Å². The highest BCUT2D eigenvalue weighted by Crippen LogP contribution is 2.73. The quantitative estimate of drug-likeness (QED) is 0.246. The van der Waals surface area contributed by atoms with Crippen LogP contribution in [-0.2, 0) is 9.31 Å². The molecule has 7 rings (SSSR count). The lowest BCUT2D eigenvalue weighted by molar-refractivity contribution is -0.153. The predicted molar refractivity (Wildman–Crippen MR) is 213 cm³/mol. The Hall–Kier alpha value is -1.58. The van der Waals surface area contributed by atoms with Crippen LogP contribution in [0.4, 0.5) is 0 Å². The van der Waals surface area contributed by atoms with Crippen molar-refractivity contribution in [3.63, 3.8) is 0 Å². The molecule has 274 valence electrons. The van der Waals surface area contributed by atoms with Gasteiger partial charge in [0.25, 0.3) is 0 Å². The highest BCUT2D eigenvalue weighted by molar-refractivity contribution is 6.62. The fourth-order valence-electron chi connectivity index (χ4n) is 13.3. The van der Waals surface area contributed by atoms with Crippen molar-refractivity contribution in [1.82, 2.24) is 0 Å². The van der Waals surface area contributed by atoms with E-state index < -0.39 is 0 Å². The van der Waals surface area contributed by atoms with Gasteiger partial charge < -0.3 is 9.31 Å². The Morgan fingerprint density at radius 2 is 1.30 bits per heavy atom. The highest BCUT2D eigenvalue weighted by atomic mass is 16.7. The fraction of sp³-hybridized carbons (Fsp3) is 0.745. The first-order chi connectivity index (χ1) is 23.6. The molecule has 9 atom stereocenters. The van der Waals surface area contributed by atoms with Gasteiger partial charge in [-0.15, -0.1) is 0 Å². The fourth-order valence-corrected chi connectivity index (χ4v) is 13.3. The van der Waals surface area contributed by atoms with Crippen LogP contribution in [0.25, 0.3) is 11.1 Å². The zero-order chi connectivity index (χ0) is 35.7. The molecule has 2 aromatic carbocycles. The van der Waals surface area contributed by atoms with Crippen molar-refractivity contribution in [2.45, 2.75) is 170 Å². The third-order valence-corrected chi connectivity index (χ3v) is 17.1. The summed E-state index contributed by atoms with van der Waals surface area (Å²) in [5.74, 6) is 6.16. The minimum Gasteiger partial charge on any atom is -0.399 e. The standard InChI is InChI=1S/C47H71BO2/c1-11-47(33(4)14-12-13-32(2)3)30-27-40-41(47)23-24-42-45(9)28-25-37(31-38(45)26-29-46(40,42)10)36-17-15-34(16-18-36)35-19-21-39(22-20-35)48-49-43(5,6)44(7,8)50-48/h15-22,32-33,37-38,40-42H,11-14,23-31H2,1-10H3/t33-,37?,38+,40-,41?,42-,45+,46+,47?/m1/s1. The molecule has 50 heavy (non-hydrogen) atoms. The molecule has 0 spiro atoms. The molecule has 1 aliphatic heterocycles. The zero-order valence-corrected chi connectivity index (χ0v) is 33.7. The summed E-state index contributed by atoms with van der Waals surface area (Å²) < 4.78 is 12.6. The second-order valence-corrected chi connectivity index (χ2v) is 20.2. The summed E-state index contributed by atoms with van der Waals surface area (Å²) >= 11 is 0. The molecule has 0 N–H and O–H groups in total. The maximum absolute atomic E-state index is 6.29. The van der Waals surface area contributed by atoms with E-state index in [1.165, 1.54) is 94.6 Å². The molecule has 5 aliphatic rings. The summed E-state index contributed by atoms with van der Waals surface area (Å²) in [6.45, 7) is 24.1. The average Bonchev–Trinajstić information content (AvgIpc) is 3.58. The second kappa shape index (κ2) is 13.4. The number of hydrogen-bond donors (Lipinski definition) is 0. The molecular weight excluding hydrogens is 607 g/mol. The SMILES string of the molecule is CCC1([C@H](C)CCCC(C)C)CC[C@@H]2C1CC[C@@H]1[C@@]3(C)CCC(c4ccc(-c5ccc(B6OC(C)(C)C(C)(C)O6)cc5)cc4)C[C@@H]3CC[C@]12C. The van der Waals surface area contributed by atoms with E-state index in [0.717, 1.165) is 41.0 Å². The van der Waals surface area contributed by atoms with E-state index in [9.17, 15) is 0 Å². The smallest absolute Gasteiger partial charge is 0.399 e. The molecule has 4 saturated carbocycles. The maximum atomic E-state index is 6.29. The first kappa shape index (κ1) is 36.8. The second-order valence-electron chi connectivity index (χ2n) is 20.2. The first-order valence-corrected chi connectivity index (χ1v) is 21.2. The van der Waals surface area contributed by atoms with Gasteiger partial charge in [0.2, 0.25) is 0 Å². The van der Waals surface area contributed by atoms with Crippen LogP contribution < -0.4 is 5.46 Å². The van der Waals surface area contributed by atoms with Crippen molar-refractivity contribution in [3.8, 4) is 11.1 Å². The van der Waals surface area contributed by atoms with Crippen LogP contribution in [0.2, 0.25) is 0 Å². The molecule has 5 fully saturated rings. The summed E-state index contributed by atoms with van der Waals surface area (Å²) in [7, 11) is -0.308. The van der Waals surface area contributed by atoms with Gasteiger partial charge in [-0.25, -0.2) is 0 Å². The monoisotopic (exact) mass is 679 g/mol. The molecule has 0 bridgehead atoms. The third kappa shape index (κ3) is 6.09. The molecule has 0 amide bonds. The molecule has 1 saturated heterocycles. The zero-order valence-electron chi connectivity index (χ0n) is 33.7. The Kier molecular flexibility index (Phi) is 9.83. The molecule has 2 aromatic rings. The minimum atomic E-state index is -0.317. The minimum absolute atomic E-state index is 0.308. The van der Waals surface area contributed by atoms with E-state index in [1.807, 2.05) is 0 Å². The van der Waals surface area contributed by atoms with Crippen molar-refractivity contribution < 1.29 is 9.31 Å². The van der Waals surface area contributed by atoms with E-state index in [-0.39, 0.29) is 18.3 Å². The number of hydrogen-bond acceptors (Lipinski definition) is 2. The summed E-state index contributed by atoms with van der Waals surface area (Å²) in [5, 5.41) is 0. The molecule has 3 unspecified atom stereocenters. The Labute approximate surface area is 307 Å². The molecule has 3 heteroatoms. The predicted octanol–water partition coefficient (Wildman–Crippen LogP) is 12.6. The summed E-state index contributed by atoms with van der Waals surface area (Å²) in [5.41, 5.74) is 6.26. The lowest BCUT2D eigenvalue weighted by atomic mass is 9.40. The van der Waals surface area contributed by atoms with E-state index >= 15 is 0 Å². The van der Waals surface area contributed by atoms with Crippen LogP contribution in [0.1, 0.15) is 164 Å². The molecule has 2 nitrogen and oxygen atoms in total. The van der Waals surface area contributed by atoms with Crippen LogP contribution in [0.15, 0.2) is 48.5 Å². The molecule has 4 aliphatic carbocycles. The third-order valence-electron chi connectivity index (χ3n) is 17.1.